The highest BCUT2D eigenvalue weighted by Gasteiger charge is 2.24. The van der Waals surface area contributed by atoms with Gasteiger partial charge in [-0.3, -0.25) is 14.0 Å². The van der Waals surface area contributed by atoms with Gasteiger partial charge in [-0.05, 0) is 42.7 Å². The van der Waals surface area contributed by atoms with Crippen molar-refractivity contribution < 1.29 is 18.7 Å². The van der Waals surface area contributed by atoms with Crippen LogP contribution in [0.25, 0.3) is 5.65 Å². The van der Waals surface area contributed by atoms with E-state index in [2.05, 4.69) is 10.3 Å². The monoisotopic (exact) mass is 401 g/mol. The van der Waals surface area contributed by atoms with Crippen molar-refractivity contribution in [2.24, 2.45) is 0 Å². The Bertz CT molecular complexity index is 1020. The number of pyridine rings is 1. The first kappa shape index (κ1) is 19.7. The number of hydrogen-bond donors (Lipinski definition) is 1. The standard InChI is InChI=1S/C19H19N3O5S/c1-28-10-7-14(21-18(24)15-5-4-9-26-15)19(25)27-12-13-11-17(23)22-8-3-2-6-16(22)20-13/h2-6,8-9,11,14H,7,10,12H2,1H3,(H,21,24)/t14-/m0/s1. The molecule has 0 saturated heterocycles. The Kier molecular flexibility index (Phi) is 6.49. The molecule has 0 radical (unpaired) electrons. The molecule has 0 fully saturated rings. The number of thioether (sulfide) groups is 1. The Labute approximate surface area is 164 Å². The summed E-state index contributed by atoms with van der Waals surface area (Å²) in [5.74, 6) is -0.307. The lowest BCUT2D eigenvalue weighted by Gasteiger charge is -2.16. The number of esters is 1. The van der Waals surface area contributed by atoms with E-state index in [-0.39, 0.29) is 17.9 Å². The lowest BCUT2D eigenvalue weighted by atomic mass is 10.2. The molecule has 1 N–H and O–H groups in total. The minimum atomic E-state index is -0.827. The number of carbonyl (C=O) groups is 2. The van der Waals surface area contributed by atoms with E-state index in [1.165, 1.54) is 22.8 Å². The van der Waals surface area contributed by atoms with Crippen molar-refractivity contribution in [1.82, 2.24) is 14.7 Å². The van der Waals surface area contributed by atoms with Crippen LogP contribution in [-0.4, -0.2) is 39.3 Å². The Morgan fingerprint density at radius 1 is 1.32 bits per heavy atom. The summed E-state index contributed by atoms with van der Waals surface area (Å²) in [6, 6.07) is 8.78. The number of amides is 1. The fraction of sp³-hybridized carbons (Fsp3) is 0.263. The van der Waals surface area contributed by atoms with Crippen molar-refractivity contribution in [1.29, 1.82) is 0 Å². The molecule has 0 aliphatic heterocycles. The van der Waals surface area contributed by atoms with E-state index < -0.39 is 17.9 Å². The summed E-state index contributed by atoms with van der Waals surface area (Å²) in [6.07, 6.45) is 5.31. The van der Waals surface area contributed by atoms with E-state index in [1.54, 1.807) is 42.2 Å². The van der Waals surface area contributed by atoms with Crippen LogP contribution in [0.3, 0.4) is 0 Å². The van der Waals surface area contributed by atoms with Gasteiger partial charge in [-0.15, -0.1) is 0 Å². The second-order valence-electron chi connectivity index (χ2n) is 5.91. The zero-order chi connectivity index (χ0) is 19.9. The second kappa shape index (κ2) is 9.23. The lowest BCUT2D eigenvalue weighted by molar-refractivity contribution is -0.147. The molecule has 0 saturated carbocycles. The highest BCUT2D eigenvalue weighted by molar-refractivity contribution is 7.98. The summed E-state index contributed by atoms with van der Waals surface area (Å²) >= 11 is 1.55. The van der Waals surface area contributed by atoms with Crippen molar-refractivity contribution in [3.05, 3.63) is 70.7 Å². The van der Waals surface area contributed by atoms with E-state index in [1.807, 2.05) is 6.26 Å². The third kappa shape index (κ3) is 4.80. The predicted octanol–water partition coefficient (Wildman–Crippen LogP) is 1.88. The number of aromatic nitrogens is 2. The molecule has 9 heteroatoms. The summed E-state index contributed by atoms with van der Waals surface area (Å²) < 4.78 is 11.8. The van der Waals surface area contributed by atoms with Crippen molar-refractivity contribution >= 4 is 29.3 Å². The third-order valence-corrected chi connectivity index (χ3v) is 4.58. The predicted molar refractivity (Wildman–Crippen MR) is 104 cm³/mol. The number of nitrogens with one attached hydrogen (secondary N) is 1. The van der Waals surface area contributed by atoms with Gasteiger partial charge in [0.25, 0.3) is 11.5 Å². The minimum absolute atomic E-state index is 0.117. The molecule has 0 unspecified atom stereocenters. The van der Waals surface area contributed by atoms with Crippen molar-refractivity contribution in [2.45, 2.75) is 19.1 Å². The van der Waals surface area contributed by atoms with Gasteiger partial charge in [0, 0.05) is 12.3 Å². The molecule has 0 bridgehead atoms. The largest absolute Gasteiger partial charge is 0.459 e. The van der Waals surface area contributed by atoms with Gasteiger partial charge in [0.05, 0.1) is 12.0 Å². The van der Waals surface area contributed by atoms with Crippen LogP contribution >= 0.6 is 11.8 Å². The van der Waals surface area contributed by atoms with Gasteiger partial charge in [-0.2, -0.15) is 11.8 Å². The number of ether oxygens (including phenoxy) is 1. The molecule has 0 aliphatic rings. The maximum absolute atomic E-state index is 12.5. The van der Waals surface area contributed by atoms with E-state index in [0.29, 0.717) is 23.5 Å². The van der Waals surface area contributed by atoms with Crippen LogP contribution in [0, 0.1) is 0 Å². The van der Waals surface area contributed by atoms with E-state index >= 15 is 0 Å². The Morgan fingerprint density at radius 3 is 2.93 bits per heavy atom. The molecule has 146 valence electrons. The summed E-state index contributed by atoms with van der Waals surface area (Å²) in [7, 11) is 0. The molecule has 1 amide bonds. The summed E-state index contributed by atoms with van der Waals surface area (Å²) in [6.45, 7) is -0.161. The molecular formula is C19H19N3O5S. The summed E-state index contributed by atoms with van der Waals surface area (Å²) in [5, 5.41) is 2.62. The average molecular weight is 401 g/mol. The quantitative estimate of drug-likeness (QED) is 0.575. The van der Waals surface area contributed by atoms with Crippen LogP contribution in [-0.2, 0) is 16.1 Å². The molecule has 28 heavy (non-hydrogen) atoms. The van der Waals surface area contributed by atoms with Crippen LogP contribution in [0.15, 0.2) is 58.1 Å². The maximum Gasteiger partial charge on any atom is 0.329 e. The zero-order valence-corrected chi connectivity index (χ0v) is 16.0. The molecule has 3 aromatic rings. The Hall–Kier alpha value is -3.07. The number of nitrogens with zero attached hydrogens (tertiary/aromatic N) is 2. The Balaban J connectivity index is 1.67. The molecule has 1 atom stereocenters. The molecule has 3 aromatic heterocycles. The van der Waals surface area contributed by atoms with Crippen molar-refractivity contribution in [2.75, 3.05) is 12.0 Å². The van der Waals surface area contributed by atoms with Crippen LogP contribution in [0.1, 0.15) is 22.7 Å². The van der Waals surface area contributed by atoms with Crippen molar-refractivity contribution in [3.63, 3.8) is 0 Å². The first-order valence-corrected chi connectivity index (χ1v) is 9.95. The van der Waals surface area contributed by atoms with Crippen LogP contribution in [0.4, 0.5) is 0 Å². The molecular weight excluding hydrogens is 382 g/mol. The minimum Gasteiger partial charge on any atom is -0.459 e. The highest BCUT2D eigenvalue weighted by atomic mass is 32.2. The van der Waals surface area contributed by atoms with Gasteiger partial charge in [0.2, 0.25) is 0 Å². The van der Waals surface area contributed by atoms with Crippen LogP contribution < -0.4 is 10.9 Å². The maximum atomic E-state index is 12.5. The smallest absolute Gasteiger partial charge is 0.329 e. The number of hydrogen-bond acceptors (Lipinski definition) is 7. The topological polar surface area (TPSA) is 103 Å². The number of rotatable bonds is 8. The average Bonchev–Trinajstić information content (AvgIpc) is 3.24. The van der Waals surface area contributed by atoms with E-state index in [0.717, 1.165) is 0 Å². The Morgan fingerprint density at radius 2 is 2.18 bits per heavy atom. The third-order valence-electron chi connectivity index (χ3n) is 3.93. The molecule has 3 rings (SSSR count). The van der Waals surface area contributed by atoms with Gasteiger partial charge in [-0.1, -0.05) is 6.07 Å². The van der Waals surface area contributed by atoms with Gasteiger partial charge in [0.15, 0.2) is 5.76 Å². The number of carbonyl (C=O) groups excluding carboxylic acids is 2. The zero-order valence-electron chi connectivity index (χ0n) is 15.2. The SMILES string of the molecule is CSCC[C@H](NC(=O)c1ccco1)C(=O)OCc1cc(=O)n2ccccc2n1. The van der Waals surface area contributed by atoms with Gasteiger partial charge < -0.3 is 14.5 Å². The summed E-state index contributed by atoms with van der Waals surface area (Å²) in [5.41, 5.74) is 0.540. The number of fused-ring (bicyclic) bond motifs is 1. The fourth-order valence-corrected chi connectivity index (χ4v) is 3.02. The molecule has 0 aliphatic carbocycles. The van der Waals surface area contributed by atoms with Crippen molar-refractivity contribution in [3.8, 4) is 0 Å². The van der Waals surface area contributed by atoms with Crippen LogP contribution in [0.5, 0.6) is 0 Å². The fourth-order valence-electron chi connectivity index (χ4n) is 2.54. The van der Waals surface area contributed by atoms with E-state index in [9.17, 15) is 14.4 Å². The van der Waals surface area contributed by atoms with Gasteiger partial charge in [-0.25, -0.2) is 9.78 Å². The molecule has 0 spiro atoms. The molecule has 3 heterocycles. The normalized spacial score (nSPS) is 11.9. The van der Waals surface area contributed by atoms with Crippen LogP contribution in [0.2, 0.25) is 0 Å². The number of furan rings is 1. The molecule has 8 nitrogen and oxygen atoms in total. The first-order chi connectivity index (χ1) is 13.6. The highest BCUT2D eigenvalue weighted by Crippen LogP contribution is 2.08. The van der Waals surface area contributed by atoms with E-state index in [4.69, 9.17) is 9.15 Å². The second-order valence-corrected chi connectivity index (χ2v) is 6.89. The summed E-state index contributed by atoms with van der Waals surface area (Å²) in [4.78, 5) is 41.1. The van der Waals surface area contributed by atoms with Gasteiger partial charge in [0.1, 0.15) is 18.3 Å². The first-order valence-electron chi connectivity index (χ1n) is 8.56. The molecule has 0 aromatic carbocycles. The van der Waals surface area contributed by atoms with Gasteiger partial charge >= 0.3 is 5.97 Å². The lowest BCUT2D eigenvalue weighted by Crippen LogP contribution is -2.42.